The van der Waals surface area contributed by atoms with Crippen LogP contribution in [0.15, 0.2) is 17.5 Å². The summed E-state index contributed by atoms with van der Waals surface area (Å²) < 4.78 is 0.691. The third-order valence-electron chi connectivity index (χ3n) is 1.68. The summed E-state index contributed by atoms with van der Waals surface area (Å²) in [6, 6.07) is 4.11. The predicted octanol–water partition coefficient (Wildman–Crippen LogP) is 3.11. The van der Waals surface area contributed by atoms with E-state index in [1.54, 1.807) is 11.3 Å². The zero-order chi connectivity index (χ0) is 8.55. The molecule has 2 aromatic heterocycles. The van der Waals surface area contributed by atoms with Crippen LogP contribution in [0.5, 0.6) is 0 Å². The van der Waals surface area contributed by atoms with E-state index in [0.717, 1.165) is 11.4 Å². The molecule has 0 aromatic carbocycles. The molecule has 0 fully saturated rings. The third-order valence-corrected chi connectivity index (χ3v) is 2.77. The van der Waals surface area contributed by atoms with E-state index in [1.807, 2.05) is 13.0 Å². The smallest absolute Gasteiger partial charge is 0.175 e. The van der Waals surface area contributed by atoms with E-state index in [4.69, 9.17) is 12.2 Å². The maximum absolute atomic E-state index is 4.99. The van der Waals surface area contributed by atoms with Crippen LogP contribution in [0.4, 0.5) is 0 Å². The molecule has 0 aliphatic carbocycles. The molecule has 0 spiro atoms. The summed E-state index contributed by atoms with van der Waals surface area (Å²) in [5, 5.41) is 2.05. The summed E-state index contributed by atoms with van der Waals surface area (Å²) in [6.07, 6.45) is 0. The van der Waals surface area contributed by atoms with Crippen LogP contribution in [0.1, 0.15) is 5.69 Å². The van der Waals surface area contributed by atoms with Gasteiger partial charge in [-0.15, -0.1) is 11.3 Å². The molecule has 0 aliphatic rings. The van der Waals surface area contributed by atoms with Gasteiger partial charge in [0.25, 0.3) is 0 Å². The van der Waals surface area contributed by atoms with Gasteiger partial charge in [0, 0.05) is 5.69 Å². The van der Waals surface area contributed by atoms with Crippen molar-refractivity contribution in [2.45, 2.75) is 6.92 Å². The van der Waals surface area contributed by atoms with E-state index in [1.165, 1.54) is 4.88 Å². The van der Waals surface area contributed by atoms with E-state index in [0.29, 0.717) is 4.77 Å². The second-order valence-corrected chi connectivity index (χ2v) is 3.91. The number of aryl methyl sites for hydroxylation is 1. The van der Waals surface area contributed by atoms with E-state index < -0.39 is 0 Å². The van der Waals surface area contributed by atoms with Crippen molar-refractivity contribution in [1.29, 1.82) is 0 Å². The Morgan fingerprint density at radius 3 is 2.75 bits per heavy atom. The van der Waals surface area contributed by atoms with Gasteiger partial charge in [-0.05, 0) is 30.6 Å². The molecule has 0 saturated heterocycles. The van der Waals surface area contributed by atoms with Gasteiger partial charge >= 0.3 is 0 Å². The number of aromatic nitrogens is 2. The number of rotatable bonds is 1. The molecule has 12 heavy (non-hydrogen) atoms. The molecular formula is C8H8N2S2. The highest BCUT2D eigenvalue weighted by Gasteiger charge is 2.03. The molecule has 0 bridgehead atoms. The minimum atomic E-state index is 0.691. The Hall–Kier alpha value is -0.870. The number of hydrogen-bond acceptors (Lipinski definition) is 2. The Morgan fingerprint density at radius 2 is 2.25 bits per heavy atom. The molecule has 2 aromatic rings. The second kappa shape index (κ2) is 2.88. The highest BCUT2D eigenvalue weighted by atomic mass is 32.1. The van der Waals surface area contributed by atoms with Crippen LogP contribution in [0.3, 0.4) is 0 Å². The van der Waals surface area contributed by atoms with Gasteiger partial charge in [0.1, 0.15) is 0 Å². The molecule has 0 radical (unpaired) electrons. The molecule has 0 unspecified atom stereocenters. The summed E-state index contributed by atoms with van der Waals surface area (Å²) in [6.45, 7) is 2.02. The lowest BCUT2D eigenvalue weighted by Crippen LogP contribution is -1.74. The van der Waals surface area contributed by atoms with E-state index >= 15 is 0 Å². The highest BCUT2D eigenvalue weighted by Crippen LogP contribution is 2.24. The Kier molecular flexibility index (Phi) is 1.86. The van der Waals surface area contributed by atoms with Gasteiger partial charge in [-0.2, -0.15) is 0 Å². The largest absolute Gasteiger partial charge is 0.334 e. The SMILES string of the molecule is Cc1[nH]c(=S)[nH]c1-c1cccs1. The molecule has 2 N–H and O–H groups in total. The molecule has 0 aliphatic heterocycles. The number of hydrogen-bond donors (Lipinski definition) is 2. The lowest BCUT2D eigenvalue weighted by Gasteiger charge is -1.91. The maximum atomic E-state index is 4.99. The minimum absolute atomic E-state index is 0.691. The summed E-state index contributed by atoms with van der Waals surface area (Å²) in [5.41, 5.74) is 2.21. The van der Waals surface area contributed by atoms with Gasteiger partial charge in [-0.1, -0.05) is 6.07 Å². The summed E-state index contributed by atoms with van der Waals surface area (Å²) in [5.74, 6) is 0. The quantitative estimate of drug-likeness (QED) is 0.675. The summed E-state index contributed by atoms with van der Waals surface area (Å²) >= 11 is 6.69. The van der Waals surface area contributed by atoms with Crippen LogP contribution in [-0.4, -0.2) is 9.97 Å². The van der Waals surface area contributed by atoms with Crippen molar-refractivity contribution in [3.63, 3.8) is 0 Å². The number of nitrogens with one attached hydrogen (secondary N) is 2. The first-order valence-electron chi connectivity index (χ1n) is 3.60. The molecule has 2 nitrogen and oxygen atoms in total. The van der Waals surface area contributed by atoms with Crippen molar-refractivity contribution in [2.24, 2.45) is 0 Å². The van der Waals surface area contributed by atoms with Crippen LogP contribution >= 0.6 is 23.6 Å². The van der Waals surface area contributed by atoms with Gasteiger partial charge in [0.2, 0.25) is 0 Å². The molecular weight excluding hydrogens is 188 g/mol. The first-order chi connectivity index (χ1) is 5.77. The van der Waals surface area contributed by atoms with Gasteiger partial charge in [-0.3, -0.25) is 0 Å². The molecule has 2 rings (SSSR count). The second-order valence-electron chi connectivity index (χ2n) is 2.56. The fraction of sp³-hybridized carbons (Fsp3) is 0.125. The number of H-pyrrole nitrogens is 2. The average Bonchev–Trinajstić information content (AvgIpc) is 2.58. The van der Waals surface area contributed by atoms with Crippen LogP contribution in [0.2, 0.25) is 0 Å². The van der Waals surface area contributed by atoms with Gasteiger partial charge in [0.05, 0.1) is 10.6 Å². The zero-order valence-electron chi connectivity index (χ0n) is 6.55. The van der Waals surface area contributed by atoms with Crippen molar-refractivity contribution < 1.29 is 0 Å². The lowest BCUT2D eigenvalue weighted by molar-refractivity contribution is 1.22. The Morgan fingerprint density at radius 1 is 1.42 bits per heavy atom. The zero-order valence-corrected chi connectivity index (χ0v) is 8.18. The monoisotopic (exact) mass is 196 g/mol. The van der Waals surface area contributed by atoms with Crippen molar-refractivity contribution in [1.82, 2.24) is 9.97 Å². The van der Waals surface area contributed by atoms with Crippen LogP contribution in [0, 0.1) is 11.7 Å². The van der Waals surface area contributed by atoms with Crippen LogP contribution in [0.25, 0.3) is 10.6 Å². The fourth-order valence-corrected chi connectivity index (χ4v) is 2.18. The van der Waals surface area contributed by atoms with Gasteiger partial charge < -0.3 is 9.97 Å². The Balaban J connectivity index is 2.61. The number of thiophene rings is 1. The van der Waals surface area contributed by atoms with E-state index in [2.05, 4.69) is 21.4 Å². The molecule has 62 valence electrons. The standard InChI is InChI=1S/C8H8N2S2/c1-5-7(10-8(11)9-5)6-3-2-4-12-6/h2-4H,1H3,(H2,9,10,11). The number of imidazole rings is 1. The average molecular weight is 196 g/mol. The van der Waals surface area contributed by atoms with Crippen molar-refractivity contribution in [3.05, 3.63) is 28.0 Å². The predicted molar refractivity (Wildman–Crippen MR) is 54.0 cm³/mol. The number of aromatic amines is 2. The maximum Gasteiger partial charge on any atom is 0.175 e. The molecule has 0 atom stereocenters. The van der Waals surface area contributed by atoms with E-state index in [9.17, 15) is 0 Å². The minimum Gasteiger partial charge on any atom is -0.334 e. The summed E-state index contributed by atoms with van der Waals surface area (Å²) in [4.78, 5) is 7.40. The molecule has 2 heterocycles. The van der Waals surface area contributed by atoms with Gasteiger partial charge in [0.15, 0.2) is 4.77 Å². The summed E-state index contributed by atoms with van der Waals surface area (Å²) in [7, 11) is 0. The normalized spacial score (nSPS) is 10.4. The first kappa shape index (κ1) is 7.76. The third kappa shape index (κ3) is 1.23. The van der Waals surface area contributed by atoms with Crippen molar-refractivity contribution in [2.75, 3.05) is 0 Å². The van der Waals surface area contributed by atoms with Crippen LogP contribution in [-0.2, 0) is 0 Å². The van der Waals surface area contributed by atoms with Crippen molar-refractivity contribution >= 4 is 23.6 Å². The molecule has 4 heteroatoms. The topological polar surface area (TPSA) is 31.6 Å². The lowest BCUT2D eigenvalue weighted by atomic mass is 10.3. The van der Waals surface area contributed by atoms with E-state index in [-0.39, 0.29) is 0 Å². The van der Waals surface area contributed by atoms with Gasteiger partial charge in [-0.25, -0.2) is 0 Å². The van der Waals surface area contributed by atoms with Crippen molar-refractivity contribution in [3.8, 4) is 10.6 Å². The fourth-order valence-electron chi connectivity index (χ4n) is 1.14. The Bertz CT molecular complexity index is 422. The first-order valence-corrected chi connectivity index (χ1v) is 4.89. The van der Waals surface area contributed by atoms with Crippen LogP contribution < -0.4 is 0 Å². The highest BCUT2D eigenvalue weighted by molar-refractivity contribution is 7.71. The Labute approximate surface area is 79.3 Å². The molecule has 0 saturated carbocycles. The molecule has 0 amide bonds.